The van der Waals surface area contributed by atoms with Crippen LogP contribution in [0.5, 0.6) is 11.5 Å². The summed E-state index contributed by atoms with van der Waals surface area (Å²) in [6.45, 7) is 0.0333. The maximum atomic E-state index is 14.7. The summed E-state index contributed by atoms with van der Waals surface area (Å²) in [5.74, 6) is -0.0169. The van der Waals surface area contributed by atoms with E-state index in [2.05, 4.69) is 9.97 Å². The number of methoxy groups -OCH3 is 1. The van der Waals surface area contributed by atoms with Crippen LogP contribution in [0.1, 0.15) is 24.0 Å². The summed E-state index contributed by atoms with van der Waals surface area (Å²) < 4.78 is 39.6. The molecule has 0 bridgehead atoms. The Hall–Kier alpha value is -3.15. The Balaban J connectivity index is 1.57. The van der Waals surface area contributed by atoms with Gasteiger partial charge in [0.1, 0.15) is 23.9 Å². The minimum atomic E-state index is -0.400. The first-order valence-corrected chi connectivity index (χ1v) is 9.11. The lowest BCUT2D eigenvalue weighted by molar-refractivity contribution is 0.314. The maximum absolute atomic E-state index is 14.7. The van der Waals surface area contributed by atoms with E-state index in [0.717, 1.165) is 23.0 Å². The van der Waals surface area contributed by atoms with Gasteiger partial charge in [0.15, 0.2) is 11.5 Å². The number of hydrogen-bond acceptors (Lipinski definition) is 3. The van der Waals surface area contributed by atoms with Gasteiger partial charge in [-0.2, -0.15) is 0 Å². The summed E-state index contributed by atoms with van der Waals surface area (Å²) in [6, 6.07) is 6.72. The number of aromatic amines is 1. The van der Waals surface area contributed by atoms with E-state index < -0.39 is 5.82 Å². The number of hydrogen-bond donors (Lipinski definition) is 1. The predicted molar refractivity (Wildman–Crippen MR) is 104 cm³/mol. The normalized spacial score (nSPS) is 14.0. The van der Waals surface area contributed by atoms with Gasteiger partial charge in [-0.15, -0.1) is 0 Å². The van der Waals surface area contributed by atoms with Gasteiger partial charge >= 0.3 is 0 Å². The van der Waals surface area contributed by atoms with Crippen LogP contribution in [-0.2, 0) is 6.42 Å². The summed E-state index contributed by atoms with van der Waals surface area (Å²) in [6.07, 6.45) is 8.72. The Morgan fingerprint density at radius 1 is 1.11 bits per heavy atom. The van der Waals surface area contributed by atoms with Crippen molar-refractivity contribution >= 4 is 11.0 Å². The minimum absolute atomic E-state index is 0.0333. The van der Waals surface area contributed by atoms with Gasteiger partial charge in [0.05, 0.1) is 7.11 Å². The summed E-state index contributed by atoms with van der Waals surface area (Å²) in [7, 11) is 1.50. The summed E-state index contributed by atoms with van der Waals surface area (Å²) in [5.41, 5.74) is 2.67. The van der Waals surface area contributed by atoms with Crippen molar-refractivity contribution in [1.82, 2.24) is 9.97 Å². The number of fused-ring (bicyclic) bond motifs is 1. The zero-order valence-corrected chi connectivity index (χ0v) is 15.5. The Morgan fingerprint density at radius 3 is 2.79 bits per heavy atom. The monoisotopic (exact) mass is 382 g/mol. The SMILES string of the molecule is COc1cc(Cc2c[nH]c3ncccc23)c(F)cc1OCC1=CCCC=C1F. The van der Waals surface area contributed by atoms with Gasteiger partial charge in [0, 0.05) is 35.8 Å². The van der Waals surface area contributed by atoms with Crippen LogP contribution >= 0.6 is 0 Å². The molecule has 0 unspecified atom stereocenters. The van der Waals surface area contributed by atoms with E-state index in [1.54, 1.807) is 18.3 Å². The molecule has 4 rings (SSSR count). The number of nitrogens with one attached hydrogen (secondary N) is 1. The average Bonchev–Trinajstić information content (AvgIpc) is 3.12. The highest BCUT2D eigenvalue weighted by Crippen LogP contribution is 2.33. The predicted octanol–water partition coefficient (Wildman–Crippen LogP) is 5.25. The van der Waals surface area contributed by atoms with Crippen molar-refractivity contribution in [2.75, 3.05) is 13.7 Å². The van der Waals surface area contributed by atoms with Gasteiger partial charge in [-0.25, -0.2) is 13.8 Å². The largest absolute Gasteiger partial charge is 0.493 e. The zero-order chi connectivity index (χ0) is 19.5. The Kier molecular flexibility index (Phi) is 5.10. The highest BCUT2D eigenvalue weighted by Gasteiger charge is 2.16. The van der Waals surface area contributed by atoms with E-state index in [4.69, 9.17) is 9.47 Å². The van der Waals surface area contributed by atoms with Crippen LogP contribution in [0.2, 0.25) is 0 Å². The summed E-state index contributed by atoms with van der Waals surface area (Å²) >= 11 is 0. The number of halogens is 2. The lowest BCUT2D eigenvalue weighted by Crippen LogP contribution is -2.06. The fourth-order valence-electron chi connectivity index (χ4n) is 3.33. The number of benzene rings is 1. The molecular weight excluding hydrogens is 362 g/mol. The quantitative estimate of drug-likeness (QED) is 0.633. The highest BCUT2D eigenvalue weighted by molar-refractivity contribution is 5.79. The molecule has 0 radical (unpaired) electrons. The second-order valence-electron chi connectivity index (χ2n) is 6.63. The number of pyridine rings is 1. The van der Waals surface area contributed by atoms with E-state index in [9.17, 15) is 8.78 Å². The molecule has 144 valence electrons. The van der Waals surface area contributed by atoms with Crippen molar-refractivity contribution in [2.24, 2.45) is 0 Å². The van der Waals surface area contributed by atoms with Crippen LogP contribution in [0.3, 0.4) is 0 Å². The average molecular weight is 382 g/mol. The third kappa shape index (κ3) is 3.63. The van der Waals surface area contributed by atoms with Crippen LogP contribution in [0.15, 0.2) is 60.2 Å². The van der Waals surface area contributed by atoms with Crippen LogP contribution in [0.4, 0.5) is 8.78 Å². The van der Waals surface area contributed by atoms with E-state index in [0.29, 0.717) is 29.7 Å². The van der Waals surface area contributed by atoms with Crippen LogP contribution in [-0.4, -0.2) is 23.7 Å². The Bertz CT molecular complexity index is 1070. The minimum Gasteiger partial charge on any atom is -0.493 e. The van der Waals surface area contributed by atoms with E-state index in [1.165, 1.54) is 19.3 Å². The van der Waals surface area contributed by atoms with Gasteiger partial charge in [-0.05, 0) is 48.2 Å². The molecule has 0 fully saturated rings. The standard InChI is InChI=1S/C22H20F2N2O2/c1-27-20-10-15(9-16-12-26-22-17(16)6-4-8-25-22)19(24)11-21(20)28-13-14-5-2-3-7-18(14)23/h4-8,10-12H,2-3,9,13H2,1H3,(H,25,26). The van der Waals surface area contributed by atoms with Crippen molar-refractivity contribution in [2.45, 2.75) is 19.3 Å². The molecule has 0 amide bonds. The summed E-state index contributed by atoms with van der Waals surface area (Å²) in [5, 5.41) is 0.952. The molecule has 1 aliphatic carbocycles. The number of H-pyrrole nitrogens is 1. The van der Waals surface area contributed by atoms with Crippen molar-refractivity contribution in [3.05, 3.63) is 77.2 Å². The molecule has 28 heavy (non-hydrogen) atoms. The van der Waals surface area contributed by atoms with E-state index in [1.807, 2.05) is 18.3 Å². The topological polar surface area (TPSA) is 47.1 Å². The molecule has 6 heteroatoms. The summed E-state index contributed by atoms with van der Waals surface area (Å²) in [4.78, 5) is 7.35. The molecule has 1 aliphatic rings. The highest BCUT2D eigenvalue weighted by atomic mass is 19.1. The van der Waals surface area contributed by atoms with Crippen LogP contribution in [0, 0.1) is 5.82 Å². The maximum Gasteiger partial charge on any atom is 0.164 e. The second-order valence-corrected chi connectivity index (χ2v) is 6.63. The van der Waals surface area contributed by atoms with Crippen molar-refractivity contribution in [3.8, 4) is 11.5 Å². The number of nitrogens with zero attached hydrogens (tertiary/aromatic N) is 1. The zero-order valence-electron chi connectivity index (χ0n) is 15.5. The Morgan fingerprint density at radius 2 is 1.96 bits per heavy atom. The molecule has 4 nitrogen and oxygen atoms in total. The molecule has 0 atom stereocenters. The molecule has 0 aliphatic heterocycles. The molecule has 0 saturated heterocycles. The lowest BCUT2D eigenvalue weighted by atomic mass is 10.0. The number of rotatable bonds is 6. The van der Waals surface area contributed by atoms with Crippen molar-refractivity contribution in [1.29, 1.82) is 0 Å². The van der Waals surface area contributed by atoms with Gasteiger partial charge < -0.3 is 14.5 Å². The van der Waals surface area contributed by atoms with Crippen LogP contribution in [0.25, 0.3) is 11.0 Å². The van der Waals surface area contributed by atoms with Crippen molar-refractivity contribution in [3.63, 3.8) is 0 Å². The molecular formula is C22H20F2N2O2. The number of aromatic nitrogens is 2. The molecule has 2 heterocycles. The first-order chi connectivity index (χ1) is 13.7. The van der Waals surface area contributed by atoms with Crippen molar-refractivity contribution < 1.29 is 18.3 Å². The fourth-order valence-corrected chi connectivity index (χ4v) is 3.33. The van der Waals surface area contributed by atoms with E-state index in [-0.39, 0.29) is 18.2 Å². The van der Waals surface area contributed by atoms with Gasteiger partial charge in [-0.3, -0.25) is 0 Å². The molecule has 1 N–H and O–H groups in total. The van der Waals surface area contributed by atoms with Crippen LogP contribution < -0.4 is 9.47 Å². The molecule has 0 saturated carbocycles. The molecule has 1 aromatic carbocycles. The fraction of sp³-hybridized carbons (Fsp3) is 0.227. The number of allylic oxidation sites excluding steroid dienone is 2. The first kappa shape index (κ1) is 18.2. The molecule has 0 spiro atoms. The van der Waals surface area contributed by atoms with Gasteiger partial charge in [0.2, 0.25) is 0 Å². The lowest BCUT2D eigenvalue weighted by Gasteiger charge is -2.15. The Labute approximate surface area is 161 Å². The first-order valence-electron chi connectivity index (χ1n) is 9.11. The second kappa shape index (κ2) is 7.84. The molecule has 3 aromatic rings. The number of ether oxygens (including phenoxy) is 2. The van der Waals surface area contributed by atoms with E-state index >= 15 is 0 Å². The third-order valence-corrected chi connectivity index (χ3v) is 4.82. The smallest absolute Gasteiger partial charge is 0.164 e. The third-order valence-electron chi connectivity index (χ3n) is 4.82. The van der Waals surface area contributed by atoms with Gasteiger partial charge in [-0.1, -0.05) is 6.08 Å². The van der Waals surface area contributed by atoms with Gasteiger partial charge in [0.25, 0.3) is 0 Å². The molecule has 2 aromatic heterocycles.